The molecule has 2 atom stereocenters. The van der Waals surface area contributed by atoms with Gasteiger partial charge in [0, 0.05) is 22.3 Å². The Morgan fingerprint density at radius 3 is 2.87 bits per heavy atom. The zero-order chi connectivity index (χ0) is 15.8. The lowest BCUT2D eigenvalue weighted by Crippen LogP contribution is -2.15. The molecule has 0 saturated heterocycles. The number of amides is 1. The second kappa shape index (κ2) is 5.58. The van der Waals surface area contributed by atoms with E-state index in [0.29, 0.717) is 11.5 Å². The number of thiophene rings is 1. The quantitative estimate of drug-likeness (QED) is 0.793. The average molecular weight is 329 g/mol. The molecule has 2 heterocycles. The van der Waals surface area contributed by atoms with Crippen LogP contribution in [0.4, 0.5) is 10.3 Å². The van der Waals surface area contributed by atoms with Crippen molar-refractivity contribution in [3.8, 4) is 11.5 Å². The molecule has 2 unspecified atom stereocenters. The van der Waals surface area contributed by atoms with E-state index < -0.39 is 0 Å². The highest BCUT2D eigenvalue weighted by Crippen LogP contribution is 2.49. The number of hydrogen-bond donors (Lipinski definition) is 1. The largest absolute Gasteiger partial charge is 0.332 e. The van der Waals surface area contributed by atoms with Gasteiger partial charge in [-0.25, -0.2) is 4.39 Å². The maximum absolute atomic E-state index is 12.9. The summed E-state index contributed by atoms with van der Waals surface area (Å²) < 4.78 is 18.0. The first-order valence-corrected chi connectivity index (χ1v) is 8.02. The minimum atomic E-state index is -0.338. The van der Waals surface area contributed by atoms with E-state index >= 15 is 0 Å². The average Bonchev–Trinajstić information content (AvgIpc) is 2.97. The fourth-order valence-electron chi connectivity index (χ4n) is 2.49. The molecule has 3 aromatic rings. The van der Waals surface area contributed by atoms with Gasteiger partial charge in [-0.15, -0.1) is 11.3 Å². The lowest BCUT2D eigenvalue weighted by molar-refractivity contribution is -0.117. The number of carbonyl (C=O) groups excluding carboxylic acids is 1. The molecule has 1 amide bonds. The fraction of sp³-hybridized carbons (Fsp3) is 0.188. The third kappa shape index (κ3) is 2.87. The van der Waals surface area contributed by atoms with Crippen molar-refractivity contribution in [3.05, 3.63) is 52.5 Å². The SMILES string of the molecule is O=C(Nc1noc(-c2ccc(F)cc2)n1)C1CC1c1cccs1. The third-order valence-electron chi connectivity index (χ3n) is 3.79. The molecule has 1 N–H and O–H groups in total. The predicted molar refractivity (Wildman–Crippen MR) is 83.5 cm³/mol. The Morgan fingerprint density at radius 1 is 1.30 bits per heavy atom. The molecule has 0 bridgehead atoms. The van der Waals surface area contributed by atoms with Gasteiger partial charge >= 0.3 is 0 Å². The van der Waals surface area contributed by atoms with Crippen molar-refractivity contribution in [2.45, 2.75) is 12.3 Å². The van der Waals surface area contributed by atoms with Gasteiger partial charge in [0.1, 0.15) is 5.82 Å². The predicted octanol–water partition coefficient (Wildman–Crippen LogP) is 3.68. The van der Waals surface area contributed by atoms with Crippen molar-refractivity contribution in [2.24, 2.45) is 5.92 Å². The number of nitrogens with zero attached hydrogens (tertiary/aromatic N) is 2. The van der Waals surface area contributed by atoms with Crippen LogP contribution in [0.25, 0.3) is 11.5 Å². The number of carbonyl (C=O) groups is 1. The molecule has 0 radical (unpaired) electrons. The minimum Gasteiger partial charge on any atom is -0.332 e. The van der Waals surface area contributed by atoms with Gasteiger partial charge in [0.05, 0.1) is 0 Å². The first-order chi connectivity index (χ1) is 11.2. The normalized spacial score (nSPS) is 19.5. The monoisotopic (exact) mass is 329 g/mol. The Labute approximate surface area is 135 Å². The van der Waals surface area contributed by atoms with Crippen molar-refractivity contribution in [3.63, 3.8) is 0 Å². The van der Waals surface area contributed by atoms with Crippen molar-refractivity contribution < 1.29 is 13.7 Å². The Balaban J connectivity index is 1.42. The zero-order valence-electron chi connectivity index (χ0n) is 11.9. The number of anilines is 1. The molecule has 0 spiro atoms. The summed E-state index contributed by atoms with van der Waals surface area (Å²) >= 11 is 1.66. The molecule has 116 valence electrons. The number of aromatic nitrogens is 2. The molecular weight excluding hydrogens is 317 g/mol. The van der Waals surface area contributed by atoms with Crippen LogP contribution < -0.4 is 5.32 Å². The van der Waals surface area contributed by atoms with E-state index in [0.717, 1.165) is 6.42 Å². The van der Waals surface area contributed by atoms with E-state index in [4.69, 9.17) is 4.52 Å². The maximum Gasteiger partial charge on any atom is 0.270 e. The van der Waals surface area contributed by atoms with Crippen LogP contribution in [0.2, 0.25) is 0 Å². The van der Waals surface area contributed by atoms with E-state index in [-0.39, 0.29) is 29.5 Å². The minimum absolute atomic E-state index is 0.0404. The van der Waals surface area contributed by atoms with Crippen LogP contribution in [-0.4, -0.2) is 16.0 Å². The summed E-state index contributed by atoms with van der Waals surface area (Å²) in [6.07, 6.45) is 0.842. The summed E-state index contributed by atoms with van der Waals surface area (Å²) in [4.78, 5) is 17.5. The van der Waals surface area contributed by atoms with E-state index in [2.05, 4.69) is 15.5 Å². The van der Waals surface area contributed by atoms with Gasteiger partial charge in [-0.1, -0.05) is 6.07 Å². The number of halogens is 1. The van der Waals surface area contributed by atoms with Crippen molar-refractivity contribution in [2.75, 3.05) is 5.32 Å². The van der Waals surface area contributed by atoms with Crippen LogP contribution in [0.5, 0.6) is 0 Å². The molecule has 23 heavy (non-hydrogen) atoms. The Kier molecular flexibility index (Phi) is 3.42. The topological polar surface area (TPSA) is 68.0 Å². The van der Waals surface area contributed by atoms with Gasteiger partial charge in [-0.05, 0) is 47.3 Å². The molecule has 0 aliphatic heterocycles. The molecule has 7 heteroatoms. The molecule has 2 aromatic heterocycles. The lowest BCUT2D eigenvalue weighted by atomic mass is 10.2. The molecule has 1 saturated carbocycles. The van der Waals surface area contributed by atoms with Gasteiger partial charge in [0.25, 0.3) is 11.8 Å². The summed E-state index contributed by atoms with van der Waals surface area (Å²) in [5.41, 5.74) is 0.599. The molecule has 1 aromatic carbocycles. The van der Waals surface area contributed by atoms with Crippen LogP contribution in [0.1, 0.15) is 17.2 Å². The number of benzene rings is 1. The van der Waals surface area contributed by atoms with Gasteiger partial charge in [0.2, 0.25) is 5.91 Å². The van der Waals surface area contributed by atoms with Gasteiger partial charge in [0.15, 0.2) is 0 Å². The second-order valence-corrected chi connectivity index (χ2v) is 6.36. The van der Waals surface area contributed by atoms with Crippen LogP contribution in [0.15, 0.2) is 46.3 Å². The highest BCUT2D eigenvalue weighted by molar-refractivity contribution is 7.10. The Bertz CT molecular complexity index is 829. The lowest BCUT2D eigenvalue weighted by Gasteiger charge is -1.98. The van der Waals surface area contributed by atoms with E-state index in [1.54, 1.807) is 23.5 Å². The second-order valence-electron chi connectivity index (χ2n) is 5.38. The molecule has 1 aliphatic rings. The van der Waals surface area contributed by atoms with Crippen LogP contribution in [0, 0.1) is 11.7 Å². The highest BCUT2D eigenvalue weighted by Gasteiger charge is 2.44. The van der Waals surface area contributed by atoms with Gasteiger partial charge < -0.3 is 4.52 Å². The van der Waals surface area contributed by atoms with Crippen molar-refractivity contribution in [1.29, 1.82) is 0 Å². The number of hydrogen-bond acceptors (Lipinski definition) is 5. The summed E-state index contributed by atoms with van der Waals surface area (Å²) in [5, 5.41) is 8.43. The first kappa shape index (κ1) is 14.1. The van der Waals surface area contributed by atoms with E-state index in [1.807, 2.05) is 17.5 Å². The summed E-state index contributed by atoms with van der Waals surface area (Å²) in [5.74, 6) is 0.182. The van der Waals surface area contributed by atoms with Crippen molar-refractivity contribution in [1.82, 2.24) is 10.1 Å². The zero-order valence-corrected chi connectivity index (χ0v) is 12.7. The van der Waals surface area contributed by atoms with Gasteiger partial charge in [-0.3, -0.25) is 10.1 Å². The van der Waals surface area contributed by atoms with Crippen molar-refractivity contribution >= 4 is 23.2 Å². The van der Waals surface area contributed by atoms with Crippen LogP contribution in [-0.2, 0) is 4.79 Å². The summed E-state index contributed by atoms with van der Waals surface area (Å²) in [6, 6.07) is 9.75. The number of nitrogens with one attached hydrogen (secondary N) is 1. The summed E-state index contributed by atoms with van der Waals surface area (Å²) in [6.45, 7) is 0. The summed E-state index contributed by atoms with van der Waals surface area (Å²) in [7, 11) is 0. The Morgan fingerprint density at radius 2 is 2.13 bits per heavy atom. The highest BCUT2D eigenvalue weighted by atomic mass is 32.1. The maximum atomic E-state index is 12.9. The number of rotatable bonds is 4. The Hall–Kier alpha value is -2.54. The van der Waals surface area contributed by atoms with Crippen LogP contribution in [0.3, 0.4) is 0 Å². The molecule has 1 fully saturated rings. The molecular formula is C16H12FN3O2S. The third-order valence-corrected chi connectivity index (χ3v) is 4.79. The molecule has 5 nitrogen and oxygen atoms in total. The van der Waals surface area contributed by atoms with E-state index in [1.165, 1.54) is 17.0 Å². The van der Waals surface area contributed by atoms with Crippen LogP contribution >= 0.6 is 11.3 Å². The standard InChI is InChI=1S/C16H12FN3O2S/c17-10-5-3-9(4-6-10)15-19-16(20-22-15)18-14(21)12-8-11(12)13-2-1-7-23-13/h1-7,11-12H,8H2,(H,18,20,21). The van der Waals surface area contributed by atoms with E-state index in [9.17, 15) is 9.18 Å². The molecule has 1 aliphatic carbocycles. The first-order valence-electron chi connectivity index (χ1n) is 7.14. The van der Waals surface area contributed by atoms with Gasteiger partial charge in [-0.2, -0.15) is 4.98 Å². The smallest absolute Gasteiger partial charge is 0.270 e. The fourth-order valence-corrected chi connectivity index (χ4v) is 3.40. The molecule has 4 rings (SSSR count).